The van der Waals surface area contributed by atoms with Gasteiger partial charge >= 0.3 is 5.69 Å². The Morgan fingerprint density at radius 2 is 1.91 bits per heavy atom. The molecule has 2 rings (SSSR count). The van der Waals surface area contributed by atoms with Gasteiger partial charge in [-0.1, -0.05) is 30.3 Å². The van der Waals surface area contributed by atoms with Crippen LogP contribution >= 0.6 is 0 Å². The molecule has 0 spiro atoms. The van der Waals surface area contributed by atoms with Crippen molar-refractivity contribution in [2.75, 3.05) is 7.05 Å². The van der Waals surface area contributed by atoms with Gasteiger partial charge in [0.05, 0.1) is 12.5 Å². The van der Waals surface area contributed by atoms with Gasteiger partial charge in [0.25, 0.3) is 0 Å². The molecule has 0 fully saturated rings. The number of H-pyrrole nitrogens is 1. The van der Waals surface area contributed by atoms with Crippen molar-refractivity contribution in [2.45, 2.75) is 33.2 Å². The Bertz CT molecular complexity index is 696. The molecule has 2 aromatic rings. The third kappa shape index (κ3) is 3.42. The van der Waals surface area contributed by atoms with Crippen molar-refractivity contribution in [2.24, 2.45) is 0 Å². The monoisotopic (exact) mass is 299 g/mol. The lowest BCUT2D eigenvalue weighted by Gasteiger charge is -2.26. The maximum absolute atomic E-state index is 12.5. The van der Waals surface area contributed by atoms with Crippen LogP contribution in [0.25, 0.3) is 0 Å². The molecule has 5 heteroatoms. The fourth-order valence-corrected chi connectivity index (χ4v) is 2.46. The van der Waals surface area contributed by atoms with Crippen molar-refractivity contribution >= 4 is 5.91 Å². The van der Waals surface area contributed by atoms with E-state index in [0.29, 0.717) is 11.4 Å². The molecule has 5 nitrogen and oxygen atoms in total. The summed E-state index contributed by atoms with van der Waals surface area (Å²) in [6, 6.07) is 9.88. The van der Waals surface area contributed by atoms with Gasteiger partial charge in [0.15, 0.2) is 0 Å². The summed E-state index contributed by atoms with van der Waals surface area (Å²) in [6.07, 6.45) is 0.231. The second kappa shape index (κ2) is 6.56. The van der Waals surface area contributed by atoms with Gasteiger partial charge in [0.2, 0.25) is 5.91 Å². The SMILES string of the molecule is Cc1nc(=O)[nH]c(C)c1CC(=O)N(C)[C@@H](C)c1ccccc1. The highest BCUT2D eigenvalue weighted by atomic mass is 16.2. The van der Waals surface area contributed by atoms with Gasteiger partial charge in [-0.3, -0.25) is 4.79 Å². The molecular formula is C17H21N3O2. The highest BCUT2D eigenvalue weighted by Crippen LogP contribution is 2.19. The summed E-state index contributed by atoms with van der Waals surface area (Å²) in [5, 5.41) is 0. The maximum atomic E-state index is 12.5. The molecule has 1 atom stereocenters. The zero-order valence-electron chi connectivity index (χ0n) is 13.4. The Labute approximate surface area is 130 Å². The molecule has 1 N–H and O–H groups in total. The molecule has 1 heterocycles. The Morgan fingerprint density at radius 3 is 2.50 bits per heavy atom. The number of nitrogens with zero attached hydrogens (tertiary/aromatic N) is 2. The largest absolute Gasteiger partial charge is 0.345 e. The summed E-state index contributed by atoms with van der Waals surface area (Å²) in [6.45, 7) is 5.54. The standard InChI is InChI=1S/C17H21N3O2/c1-11-15(12(2)19-17(22)18-11)10-16(21)20(4)13(3)14-8-6-5-7-9-14/h5-9,13H,10H2,1-4H3,(H,18,19,22)/t13-/m0/s1. The number of hydrogen-bond donors (Lipinski definition) is 1. The van der Waals surface area contributed by atoms with Gasteiger partial charge in [-0.05, 0) is 26.3 Å². The second-order valence-electron chi connectivity index (χ2n) is 5.50. The highest BCUT2D eigenvalue weighted by molar-refractivity contribution is 5.79. The third-order valence-electron chi connectivity index (χ3n) is 4.04. The number of benzene rings is 1. The minimum absolute atomic E-state index is 0.00333. The third-order valence-corrected chi connectivity index (χ3v) is 4.04. The topological polar surface area (TPSA) is 66.1 Å². The quantitative estimate of drug-likeness (QED) is 0.940. The number of carbonyl (C=O) groups is 1. The van der Waals surface area contributed by atoms with Gasteiger partial charge in [0.1, 0.15) is 0 Å². The van der Waals surface area contributed by atoms with E-state index in [9.17, 15) is 9.59 Å². The zero-order valence-corrected chi connectivity index (χ0v) is 13.4. The number of aromatic amines is 1. The van der Waals surface area contributed by atoms with E-state index in [1.54, 1.807) is 25.8 Å². The fourth-order valence-electron chi connectivity index (χ4n) is 2.46. The van der Waals surface area contributed by atoms with Crippen LogP contribution in [0.2, 0.25) is 0 Å². The molecule has 0 aliphatic carbocycles. The molecule has 1 aromatic heterocycles. The van der Waals surface area contributed by atoms with E-state index < -0.39 is 0 Å². The van der Waals surface area contributed by atoms with Crippen LogP contribution < -0.4 is 5.69 Å². The number of hydrogen-bond acceptors (Lipinski definition) is 3. The van der Waals surface area contributed by atoms with Gasteiger partial charge in [-0.25, -0.2) is 4.79 Å². The molecular weight excluding hydrogens is 278 g/mol. The van der Waals surface area contributed by atoms with Crippen molar-refractivity contribution in [1.82, 2.24) is 14.9 Å². The van der Waals surface area contributed by atoms with Crippen molar-refractivity contribution in [3.63, 3.8) is 0 Å². The van der Waals surface area contributed by atoms with Crippen molar-refractivity contribution < 1.29 is 4.79 Å². The lowest BCUT2D eigenvalue weighted by Crippen LogP contribution is -2.32. The Balaban J connectivity index is 2.17. The van der Waals surface area contributed by atoms with E-state index in [1.165, 1.54) is 0 Å². The van der Waals surface area contributed by atoms with Gasteiger partial charge in [-0.2, -0.15) is 4.98 Å². The number of rotatable bonds is 4. The lowest BCUT2D eigenvalue weighted by atomic mass is 10.0. The molecule has 0 aliphatic heterocycles. The molecule has 0 radical (unpaired) electrons. The number of aryl methyl sites for hydroxylation is 2. The van der Waals surface area contributed by atoms with Crippen LogP contribution in [-0.4, -0.2) is 27.8 Å². The first-order valence-electron chi connectivity index (χ1n) is 7.27. The number of carbonyl (C=O) groups excluding carboxylic acids is 1. The molecule has 1 aromatic carbocycles. The minimum Gasteiger partial charge on any atom is -0.339 e. The first-order valence-corrected chi connectivity index (χ1v) is 7.27. The van der Waals surface area contributed by atoms with E-state index >= 15 is 0 Å². The molecule has 22 heavy (non-hydrogen) atoms. The summed E-state index contributed by atoms with van der Waals surface area (Å²) < 4.78 is 0. The van der Waals surface area contributed by atoms with E-state index in [4.69, 9.17) is 0 Å². The van der Waals surface area contributed by atoms with E-state index in [-0.39, 0.29) is 24.1 Å². The van der Waals surface area contributed by atoms with Crippen LogP contribution in [0.15, 0.2) is 35.1 Å². The molecule has 0 unspecified atom stereocenters. The second-order valence-corrected chi connectivity index (χ2v) is 5.50. The fraction of sp³-hybridized carbons (Fsp3) is 0.353. The van der Waals surface area contributed by atoms with Crippen molar-refractivity contribution in [3.05, 3.63) is 63.3 Å². The highest BCUT2D eigenvalue weighted by Gasteiger charge is 2.19. The van der Waals surface area contributed by atoms with E-state index in [0.717, 1.165) is 11.1 Å². The van der Waals surface area contributed by atoms with E-state index in [2.05, 4.69) is 9.97 Å². The molecule has 116 valence electrons. The summed E-state index contributed by atoms with van der Waals surface area (Å²) in [5.74, 6) is -0.00333. The lowest BCUT2D eigenvalue weighted by molar-refractivity contribution is -0.131. The van der Waals surface area contributed by atoms with Crippen LogP contribution in [0, 0.1) is 13.8 Å². The van der Waals surface area contributed by atoms with Crippen LogP contribution in [-0.2, 0) is 11.2 Å². The predicted molar refractivity (Wildman–Crippen MR) is 85.7 cm³/mol. The summed E-state index contributed by atoms with van der Waals surface area (Å²) in [5.41, 5.74) is 2.81. The minimum atomic E-state index is -0.378. The van der Waals surface area contributed by atoms with Crippen LogP contribution in [0.1, 0.15) is 35.5 Å². The molecule has 0 bridgehead atoms. The van der Waals surface area contributed by atoms with Crippen LogP contribution in [0.5, 0.6) is 0 Å². The number of aromatic nitrogens is 2. The van der Waals surface area contributed by atoms with Gasteiger partial charge in [0, 0.05) is 24.0 Å². The molecule has 0 aliphatic rings. The summed E-state index contributed by atoms with van der Waals surface area (Å²) >= 11 is 0. The number of amides is 1. The molecule has 0 saturated heterocycles. The first-order chi connectivity index (χ1) is 10.4. The van der Waals surface area contributed by atoms with Gasteiger partial charge in [-0.15, -0.1) is 0 Å². The molecule has 1 amide bonds. The summed E-state index contributed by atoms with van der Waals surface area (Å²) in [7, 11) is 1.80. The number of nitrogens with one attached hydrogen (secondary N) is 1. The zero-order chi connectivity index (χ0) is 16.3. The smallest absolute Gasteiger partial charge is 0.339 e. The van der Waals surface area contributed by atoms with Gasteiger partial charge < -0.3 is 9.88 Å². The first kappa shape index (κ1) is 15.9. The molecule has 0 saturated carbocycles. The Hall–Kier alpha value is -2.43. The van der Waals surface area contributed by atoms with Crippen LogP contribution in [0.3, 0.4) is 0 Å². The Kier molecular flexibility index (Phi) is 4.75. The average molecular weight is 299 g/mol. The van der Waals surface area contributed by atoms with E-state index in [1.807, 2.05) is 37.3 Å². The summed E-state index contributed by atoms with van der Waals surface area (Å²) in [4.78, 5) is 32.1. The number of likely N-dealkylation sites (N-methyl/N-ethyl adjacent to an activating group) is 1. The maximum Gasteiger partial charge on any atom is 0.345 e. The van der Waals surface area contributed by atoms with Crippen molar-refractivity contribution in [1.29, 1.82) is 0 Å². The van der Waals surface area contributed by atoms with Crippen LogP contribution in [0.4, 0.5) is 0 Å². The van der Waals surface area contributed by atoms with Crippen molar-refractivity contribution in [3.8, 4) is 0 Å². The normalized spacial score (nSPS) is 12.0. The predicted octanol–water partition coefficient (Wildman–Crippen LogP) is 2.15. The Morgan fingerprint density at radius 1 is 1.27 bits per heavy atom. The average Bonchev–Trinajstić information content (AvgIpc) is 2.50.